The van der Waals surface area contributed by atoms with E-state index in [1.165, 1.54) is 0 Å². The summed E-state index contributed by atoms with van der Waals surface area (Å²) in [4.78, 5) is 34.6. The summed E-state index contributed by atoms with van der Waals surface area (Å²) in [5, 5.41) is 0.673. The second-order valence-electron chi connectivity index (χ2n) is 7.98. The molecule has 3 rings (SSSR count). The first-order valence-electron chi connectivity index (χ1n) is 10.5. The molecule has 1 fully saturated rings. The topological polar surface area (TPSA) is 58.4 Å². The van der Waals surface area contributed by atoms with Gasteiger partial charge >= 0.3 is 0 Å². The van der Waals surface area contributed by atoms with Crippen LogP contribution in [0.2, 0.25) is 0 Å². The third kappa shape index (κ3) is 4.12. The van der Waals surface area contributed by atoms with Gasteiger partial charge in [0.15, 0.2) is 0 Å². The average molecular weight is 385 g/mol. The van der Waals surface area contributed by atoms with Gasteiger partial charge in [0.25, 0.3) is 5.56 Å². The van der Waals surface area contributed by atoms with Crippen LogP contribution in [0.15, 0.2) is 29.1 Å². The van der Waals surface area contributed by atoms with Crippen LogP contribution in [0.1, 0.15) is 52.4 Å². The molecular weight excluding hydrogens is 352 g/mol. The number of para-hydroxylation sites is 1. The lowest BCUT2D eigenvalue weighted by Crippen LogP contribution is -2.50. The molecule has 2 heterocycles. The summed E-state index contributed by atoms with van der Waals surface area (Å²) in [5.74, 6) is 1.47. The van der Waals surface area contributed by atoms with Gasteiger partial charge in [-0.15, -0.1) is 0 Å². The summed E-state index contributed by atoms with van der Waals surface area (Å²) in [7, 11) is 0. The molecule has 1 unspecified atom stereocenters. The fraction of sp³-hybridized carbons (Fsp3) is 0.591. The van der Waals surface area contributed by atoms with Gasteiger partial charge < -0.3 is 4.90 Å². The molecule has 1 aromatic heterocycles. The largest absolute Gasteiger partial charge is 0.340 e. The molecule has 1 saturated heterocycles. The fourth-order valence-corrected chi connectivity index (χ4v) is 4.11. The van der Waals surface area contributed by atoms with Gasteiger partial charge in [-0.25, -0.2) is 4.98 Å². The van der Waals surface area contributed by atoms with Crippen molar-refractivity contribution in [2.24, 2.45) is 5.92 Å². The van der Waals surface area contributed by atoms with Crippen molar-refractivity contribution in [3.05, 3.63) is 40.4 Å². The molecule has 0 saturated carbocycles. The first kappa shape index (κ1) is 20.5. The van der Waals surface area contributed by atoms with E-state index in [-0.39, 0.29) is 17.5 Å². The maximum Gasteiger partial charge on any atom is 0.261 e. The predicted octanol–water partition coefficient (Wildman–Crippen LogP) is 3.06. The van der Waals surface area contributed by atoms with Gasteiger partial charge in [-0.1, -0.05) is 32.9 Å². The second-order valence-corrected chi connectivity index (χ2v) is 7.98. The third-order valence-corrected chi connectivity index (χ3v) is 5.58. The molecule has 0 radical (unpaired) electrons. The van der Waals surface area contributed by atoms with E-state index in [2.05, 4.69) is 25.7 Å². The van der Waals surface area contributed by atoms with Crippen LogP contribution in [0.25, 0.3) is 10.9 Å². The summed E-state index contributed by atoms with van der Waals surface area (Å²) >= 11 is 0. The van der Waals surface area contributed by atoms with Crippen molar-refractivity contribution in [1.82, 2.24) is 19.4 Å². The van der Waals surface area contributed by atoms with E-state index in [1.54, 1.807) is 0 Å². The van der Waals surface area contributed by atoms with Crippen molar-refractivity contribution in [3.8, 4) is 0 Å². The number of amides is 1. The summed E-state index contributed by atoms with van der Waals surface area (Å²) in [5.41, 5.74) is 0.795. The zero-order chi connectivity index (χ0) is 20.3. The molecule has 6 nitrogen and oxygen atoms in total. The molecule has 0 spiro atoms. The zero-order valence-electron chi connectivity index (χ0n) is 17.5. The lowest BCUT2D eigenvalue weighted by atomic mass is 10.1. The lowest BCUT2D eigenvalue weighted by molar-refractivity contribution is -0.134. The summed E-state index contributed by atoms with van der Waals surface area (Å²) in [6.07, 6.45) is 1.49. The van der Waals surface area contributed by atoms with E-state index < -0.39 is 0 Å². The SMILES string of the molecule is CCC(c1nc2ccccc2c(=O)n1CC)N1CCN(C(=O)CC(C)C)CC1. The molecule has 0 aliphatic carbocycles. The Labute approximate surface area is 167 Å². The van der Waals surface area contributed by atoms with Gasteiger partial charge in [-0.05, 0) is 31.4 Å². The number of rotatable bonds is 6. The number of carbonyl (C=O) groups is 1. The van der Waals surface area contributed by atoms with Crippen LogP contribution < -0.4 is 5.56 Å². The first-order valence-corrected chi connectivity index (χ1v) is 10.5. The van der Waals surface area contributed by atoms with Crippen LogP contribution in [0.3, 0.4) is 0 Å². The fourth-order valence-electron chi connectivity index (χ4n) is 4.11. The maximum atomic E-state index is 13.0. The van der Waals surface area contributed by atoms with Crippen LogP contribution in [0.5, 0.6) is 0 Å². The Bertz CT molecular complexity index is 882. The van der Waals surface area contributed by atoms with E-state index in [4.69, 9.17) is 4.98 Å². The Hall–Kier alpha value is -2.21. The highest BCUT2D eigenvalue weighted by atomic mass is 16.2. The Morgan fingerprint density at radius 3 is 2.39 bits per heavy atom. The normalized spacial score (nSPS) is 16.7. The molecule has 1 aliphatic heterocycles. The lowest BCUT2D eigenvalue weighted by Gasteiger charge is -2.39. The van der Waals surface area contributed by atoms with E-state index in [0.717, 1.165) is 43.9 Å². The second kappa shape index (κ2) is 8.86. The molecule has 28 heavy (non-hydrogen) atoms. The summed E-state index contributed by atoms with van der Waals surface area (Å²) in [6, 6.07) is 7.65. The van der Waals surface area contributed by atoms with E-state index in [9.17, 15) is 9.59 Å². The minimum absolute atomic E-state index is 0.0345. The van der Waals surface area contributed by atoms with Crippen molar-refractivity contribution >= 4 is 16.8 Å². The van der Waals surface area contributed by atoms with Crippen LogP contribution in [-0.4, -0.2) is 51.4 Å². The standard InChI is InChI=1S/C22H32N4O2/c1-5-19(24-11-13-25(14-12-24)20(27)15-16(3)4)21-23-18-10-8-7-9-17(18)22(28)26(21)6-2/h7-10,16,19H,5-6,11-15H2,1-4H3. The number of aromatic nitrogens is 2. The van der Waals surface area contributed by atoms with Gasteiger partial charge in [0.05, 0.1) is 16.9 Å². The van der Waals surface area contributed by atoms with Gasteiger partial charge in [0.1, 0.15) is 5.82 Å². The Kier molecular flexibility index (Phi) is 6.50. The van der Waals surface area contributed by atoms with Gasteiger partial charge in [0.2, 0.25) is 5.91 Å². The summed E-state index contributed by atoms with van der Waals surface area (Å²) in [6.45, 7) is 12.0. The number of hydrogen-bond donors (Lipinski definition) is 0. The van der Waals surface area contributed by atoms with E-state index >= 15 is 0 Å². The third-order valence-electron chi connectivity index (χ3n) is 5.58. The van der Waals surface area contributed by atoms with Crippen molar-refractivity contribution < 1.29 is 4.79 Å². The van der Waals surface area contributed by atoms with Crippen LogP contribution in [0, 0.1) is 5.92 Å². The number of carbonyl (C=O) groups excluding carboxylic acids is 1. The number of piperazine rings is 1. The van der Waals surface area contributed by atoms with Gasteiger partial charge in [0, 0.05) is 39.1 Å². The average Bonchev–Trinajstić information content (AvgIpc) is 2.69. The molecule has 152 valence electrons. The number of fused-ring (bicyclic) bond motifs is 1. The van der Waals surface area contributed by atoms with Gasteiger partial charge in [-0.2, -0.15) is 0 Å². The Morgan fingerprint density at radius 1 is 1.11 bits per heavy atom. The number of hydrogen-bond acceptors (Lipinski definition) is 4. The zero-order valence-corrected chi connectivity index (χ0v) is 17.5. The molecule has 2 aromatic rings. The van der Waals surface area contributed by atoms with Gasteiger partial charge in [-0.3, -0.25) is 19.1 Å². The van der Waals surface area contributed by atoms with Crippen LogP contribution >= 0.6 is 0 Å². The minimum atomic E-state index is 0.0345. The summed E-state index contributed by atoms with van der Waals surface area (Å²) < 4.78 is 1.81. The molecular formula is C22H32N4O2. The van der Waals surface area contributed by atoms with Crippen molar-refractivity contribution in [2.75, 3.05) is 26.2 Å². The molecule has 1 atom stereocenters. The highest BCUT2D eigenvalue weighted by molar-refractivity contribution is 5.77. The maximum absolute atomic E-state index is 13.0. The van der Waals surface area contributed by atoms with Crippen molar-refractivity contribution in [2.45, 2.75) is 53.1 Å². The molecule has 1 aromatic carbocycles. The predicted molar refractivity (Wildman–Crippen MR) is 112 cm³/mol. The van der Waals surface area contributed by atoms with E-state index in [0.29, 0.717) is 24.3 Å². The van der Waals surface area contributed by atoms with Crippen LogP contribution in [0.4, 0.5) is 0 Å². The van der Waals surface area contributed by atoms with Crippen molar-refractivity contribution in [1.29, 1.82) is 0 Å². The number of benzene rings is 1. The van der Waals surface area contributed by atoms with Crippen molar-refractivity contribution in [3.63, 3.8) is 0 Å². The number of nitrogens with zero attached hydrogens (tertiary/aromatic N) is 4. The minimum Gasteiger partial charge on any atom is -0.340 e. The molecule has 6 heteroatoms. The molecule has 0 N–H and O–H groups in total. The Morgan fingerprint density at radius 2 is 1.79 bits per heavy atom. The quantitative estimate of drug-likeness (QED) is 0.768. The van der Waals surface area contributed by atoms with E-state index in [1.807, 2.05) is 40.7 Å². The Balaban J connectivity index is 1.85. The van der Waals surface area contributed by atoms with Crippen LogP contribution in [-0.2, 0) is 11.3 Å². The molecule has 0 bridgehead atoms. The first-order chi connectivity index (χ1) is 13.5. The monoisotopic (exact) mass is 384 g/mol. The highest BCUT2D eigenvalue weighted by Gasteiger charge is 2.29. The highest BCUT2D eigenvalue weighted by Crippen LogP contribution is 2.25. The molecule has 1 amide bonds. The molecule has 1 aliphatic rings. The smallest absolute Gasteiger partial charge is 0.261 e.